The Labute approximate surface area is 159 Å². The first-order valence-corrected chi connectivity index (χ1v) is 10.2. The lowest BCUT2D eigenvalue weighted by Crippen LogP contribution is -2.22. The first-order chi connectivity index (χ1) is 12.6. The van der Waals surface area contributed by atoms with Crippen molar-refractivity contribution >= 4 is 34.6 Å². The van der Waals surface area contributed by atoms with Crippen LogP contribution in [0.1, 0.15) is 19.8 Å². The molecule has 0 radical (unpaired) electrons. The molecule has 0 saturated carbocycles. The maximum absolute atomic E-state index is 12.2. The van der Waals surface area contributed by atoms with Gasteiger partial charge in [0.2, 0.25) is 0 Å². The van der Waals surface area contributed by atoms with Crippen molar-refractivity contribution in [3.8, 4) is 16.8 Å². The van der Waals surface area contributed by atoms with E-state index in [9.17, 15) is 4.79 Å². The topological polar surface area (TPSA) is 105 Å². The predicted octanol–water partition coefficient (Wildman–Crippen LogP) is 3.03. The summed E-state index contributed by atoms with van der Waals surface area (Å²) >= 11 is 2.85. The summed E-state index contributed by atoms with van der Waals surface area (Å²) < 4.78 is 7.74. The average molecular weight is 390 g/mol. The van der Waals surface area contributed by atoms with E-state index in [-0.39, 0.29) is 23.4 Å². The van der Waals surface area contributed by atoms with Crippen molar-refractivity contribution < 1.29 is 9.53 Å². The highest BCUT2D eigenvalue weighted by Gasteiger charge is 2.24. The largest absolute Gasteiger partial charge is 0.376 e. The summed E-state index contributed by atoms with van der Waals surface area (Å²) in [6, 6.07) is 5.84. The van der Waals surface area contributed by atoms with Crippen molar-refractivity contribution in [3.05, 3.63) is 17.5 Å². The number of aromatic nitrogens is 3. The van der Waals surface area contributed by atoms with Gasteiger partial charge in [0.15, 0.2) is 16.8 Å². The molecule has 1 aliphatic rings. The zero-order chi connectivity index (χ0) is 18.5. The van der Waals surface area contributed by atoms with Crippen LogP contribution in [0.15, 0.2) is 22.7 Å². The van der Waals surface area contributed by atoms with E-state index in [1.165, 1.54) is 18.7 Å². The summed E-state index contributed by atoms with van der Waals surface area (Å²) in [4.78, 5) is 13.2. The van der Waals surface area contributed by atoms with Crippen molar-refractivity contribution in [2.45, 2.75) is 37.6 Å². The van der Waals surface area contributed by atoms with Gasteiger partial charge in [-0.25, -0.2) is 0 Å². The first-order valence-electron chi connectivity index (χ1n) is 8.29. The van der Waals surface area contributed by atoms with Crippen LogP contribution in [0.2, 0.25) is 0 Å². The number of ether oxygens (including phenoxy) is 1. The number of hydrogen-bond donors (Lipinski definition) is 1. The third kappa shape index (κ3) is 4.20. The van der Waals surface area contributed by atoms with E-state index in [0.717, 1.165) is 30.2 Å². The van der Waals surface area contributed by atoms with Gasteiger partial charge < -0.3 is 10.1 Å². The highest BCUT2D eigenvalue weighted by atomic mass is 32.2. The van der Waals surface area contributed by atoms with Crippen molar-refractivity contribution in [2.75, 3.05) is 12.4 Å². The minimum absolute atomic E-state index is 0.0678. The molecule has 0 aliphatic carbocycles. The zero-order valence-corrected chi connectivity index (χ0v) is 16.0. The van der Waals surface area contributed by atoms with Crippen LogP contribution in [0, 0.1) is 22.7 Å². The molecule has 0 aromatic carbocycles. The molecular formula is C17H19N5O2S2. The maximum atomic E-state index is 12.2. The normalized spacial score (nSPS) is 17.8. The van der Waals surface area contributed by atoms with Crippen molar-refractivity contribution in [3.63, 3.8) is 0 Å². The Hall–Kier alpha value is -2.02. The molecule has 2 aromatic rings. The monoisotopic (exact) mass is 389 g/mol. The lowest BCUT2D eigenvalue weighted by atomic mass is 10.0. The van der Waals surface area contributed by atoms with Crippen LogP contribution in [0.3, 0.4) is 0 Å². The van der Waals surface area contributed by atoms with Crippen LogP contribution in [-0.4, -0.2) is 44.7 Å². The molecule has 1 aliphatic heterocycles. The maximum Gasteiger partial charge on any atom is 0.192 e. The molecule has 0 amide bonds. The van der Waals surface area contributed by atoms with Gasteiger partial charge in [0.1, 0.15) is 5.92 Å². The van der Waals surface area contributed by atoms with Crippen LogP contribution < -0.4 is 0 Å². The van der Waals surface area contributed by atoms with Crippen molar-refractivity contribution in [1.82, 2.24) is 14.8 Å². The molecular weight excluding hydrogens is 370 g/mol. The Kier molecular flexibility index (Phi) is 6.19. The van der Waals surface area contributed by atoms with Crippen LogP contribution in [0.5, 0.6) is 0 Å². The minimum Gasteiger partial charge on any atom is -0.376 e. The third-order valence-corrected chi connectivity index (χ3v) is 5.95. The summed E-state index contributed by atoms with van der Waals surface area (Å²) in [6.07, 6.45) is 2.16. The van der Waals surface area contributed by atoms with E-state index in [0.29, 0.717) is 11.7 Å². The number of carbonyl (C=O) groups is 1. The number of carbonyl (C=O) groups excluding carboxylic acids is 1. The number of nitrogens with one attached hydrogen (secondary N) is 1. The van der Waals surface area contributed by atoms with E-state index in [4.69, 9.17) is 15.4 Å². The molecule has 2 atom stereocenters. The number of nitrogens with zero attached hydrogens (tertiary/aromatic N) is 4. The Morgan fingerprint density at radius 2 is 2.46 bits per heavy atom. The highest BCUT2D eigenvalue weighted by molar-refractivity contribution is 7.99. The van der Waals surface area contributed by atoms with E-state index in [2.05, 4.69) is 10.2 Å². The number of rotatable bonds is 8. The standard InChI is InChI=1S/C17H19N5O2S2/c1-11(19)13(8-18)14(23)10-26-17-21-20-16(15-5-3-7-25-15)22(17)9-12-4-2-6-24-12/h3,5,7,12-13,19H,2,4,6,9-10H2,1H3/t12-,13?/m1/s1. The van der Waals surface area contributed by atoms with E-state index in [1.54, 1.807) is 11.3 Å². The van der Waals surface area contributed by atoms with Crippen LogP contribution in [0.4, 0.5) is 0 Å². The molecule has 26 heavy (non-hydrogen) atoms. The van der Waals surface area contributed by atoms with Crippen LogP contribution >= 0.6 is 23.1 Å². The molecule has 0 bridgehead atoms. The fourth-order valence-corrected chi connectivity index (χ4v) is 4.34. The summed E-state index contributed by atoms with van der Waals surface area (Å²) in [6.45, 7) is 2.89. The highest BCUT2D eigenvalue weighted by Crippen LogP contribution is 2.29. The van der Waals surface area contributed by atoms with Gasteiger partial charge in [-0.1, -0.05) is 17.8 Å². The number of ketones is 1. The van der Waals surface area contributed by atoms with Crippen molar-refractivity contribution in [1.29, 1.82) is 10.7 Å². The molecule has 2 aromatic heterocycles. The van der Waals surface area contributed by atoms with Gasteiger partial charge in [-0.3, -0.25) is 9.36 Å². The lowest BCUT2D eigenvalue weighted by molar-refractivity contribution is -0.117. The van der Waals surface area contributed by atoms with E-state index >= 15 is 0 Å². The Balaban J connectivity index is 1.79. The molecule has 9 heteroatoms. The lowest BCUT2D eigenvalue weighted by Gasteiger charge is -2.14. The molecule has 136 valence electrons. The number of nitriles is 1. The second kappa shape index (κ2) is 8.58. The SMILES string of the molecule is CC(=N)C(C#N)C(=O)CSc1nnc(-c2cccs2)n1C[C@H]1CCCO1. The fourth-order valence-electron chi connectivity index (χ4n) is 2.77. The molecule has 7 nitrogen and oxygen atoms in total. The number of thiophene rings is 1. The van der Waals surface area contributed by atoms with Gasteiger partial charge in [0.05, 0.1) is 29.3 Å². The van der Waals surface area contributed by atoms with Crippen LogP contribution in [0.25, 0.3) is 10.7 Å². The molecule has 3 rings (SSSR count). The first kappa shape index (κ1) is 18.8. The summed E-state index contributed by atoms with van der Waals surface area (Å²) in [5, 5.41) is 27.8. The van der Waals surface area contributed by atoms with E-state index in [1.807, 2.05) is 28.1 Å². The molecule has 1 N–H and O–H groups in total. The minimum atomic E-state index is -0.992. The quantitative estimate of drug-likeness (QED) is 0.550. The molecule has 3 heterocycles. The third-order valence-electron chi connectivity index (χ3n) is 4.10. The van der Waals surface area contributed by atoms with Crippen molar-refractivity contribution in [2.24, 2.45) is 5.92 Å². The predicted molar refractivity (Wildman–Crippen MR) is 101 cm³/mol. The fraction of sp³-hybridized carbons (Fsp3) is 0.471. The van der Waals surface area contributed by atoms with E-state index < -0.39 is 5.92 Å². The summed E-state index contributed by atoms with van der Waals surface area (Å²) in [5.41, 5.74) is 0.0678. The molecule has 1 saturated heterocycles. The Morgan fingerprint density at radius 1 is 1.62 bits per heavy atom. The number of hydrogen-bond acceptors (Lipinski definition) is 8. The number of thioether (sulfide) groups is 1. The van der Waals surface area contributed by atoms with Gasteiger partial charge in [0.25, 0.3) is 0 Å². The molecule has 0 spiro atoms. The summed E-state index contributed by atoms with van der Waals surface area (Å²) in [5.74, 6) is -0.420. The van der Waals surface area contributed by atoms with Gasteiger partial charge in [0, 0.05) is 12.3 Å². The summed E-state index contributed by atoms with van der Waals surface area (Å²) in [7, 11) is 0. The second-order valence-electron chi connectivity index (χ2n) is 6.03. The van der Waals surface area contributed by atoms with Gasteiger partial charge in [-0.15, -0.1) is 21.5 Å². The molecule has 1 fully saturated rings. The average Bonchev–Trinajstić information content (AvgIpc) is 3.36. The van der Waals surface area contributed by atoms with Gasteiger partial charge in [-0.05, 0) is 31.2 Å². The van der Waals surface area contributed by atoms with Gasteiger partial charge >= 0.3 is 0 Å². The smallest absolute Gasteiger partial charge is 0.192 e. The Bertz CT molecular complexity index is 819. The molecule has 1 unspecified atom stereocenters. The number of Topliss-reactive ketones (excluding diaryl/α,β-unsaturated/α-hetero) is 1. The van der Waals surface area contributed by atoms with Crippen LogP contribution in [-0.2, 0) is 16.1 Å². The zero-order valence-electron chi connectivity index (χ0n) is 14.3. The van der Waals surface area contributed by atoms with Gasteiger partial charge in [-0.2, -0.15) is 5.26 Å². The second-order valence-corrected chi connectivity index (χ2v) is 7.92. The Morgan fingerprint density at radius 3 is 3.08 bits per heavy atom.